The van der Waals surface area contributed by atoms with Crippen LogP contribution in [0.25, 0.3) is 27.6 Å². The molecule has 0 atom stereocenters. The molecule has 0 saturated heterocycles. The molecule has 0 bridgehead atoms. The molecule has 0 fully saturated rings. The molecule has 0 saturated carbocycles. The molecular weight excluding hydrogens is 426 g/mol. The Morgan fingerprint density at radius 2 is 1.82 bits per heavy atom. The first kappa shape index (κ1) is 19.9. The molecule has 4 aromatic heterocycles. The first-order valence-corrected chi connectivity index (χ1v) is 10.9. The topological polar surface area (TPSA) is 82.7 Å². The van der Waals surface area contributed by atoms with E-state index in [0.717, 1.165) is 44.6 Å². The lowest BCUT2D eigenvalue weighted by atomic mass is 10.1. The van der Waals surface area contributed by atoms with E-state index in [-0.39, 0.29) is 0 Å². The average Bonchev–Trinajstić information content (AvgIpc) is 3.53. The zero-order chi connectivity index (χ0) is 22.9. The van der Waals surface area contributed by atoms with Gasteiger partial charge in [0.1, 0.15) is 11.3 Å². The Hall–Kier alpha value is -4.72. The third-order valence-electron chi connectivity index (χ3n) is 5.73. The molecule has 8 heteroatoms. The van der Waals surface area contributed by atoms with E-state index < -0.39 is 0 Å². The van der Waals surface area contributed by atoms with Crippen molar-refractivity contribution in [2.24, 2.45) is 0 Å². The Kier molecular flexibility index (Phi) is 4.88. The largest absolute Gasteiger partial charge is 0.497 e. The fourth-order valence-electron chi connectivity index (χ4n) is 4.07. The van der Waals surface area contributed by atoms with Crippen molar-refractivity contribution in [1.82, 2.24) is 29.5 Å². The average molecular weight is 448 g/mol. The van der Waals surface area contributed by atoms with Gasteiger partial charge in [-0.25, -0.2) is 9.67 Å². The first-order valence-electron chi connectivity index (χ1n) is 10.9. The quantitative estimate of drug-likeness (QED) is 0.388. The van der Waals surface area contributed by atoms with Gasteiger partial charge >= 0.3 is 0 Å². The van der Waals surface area contributed by atoms with E-state index in [4.69, 9.17) is 9.84 Å². The summed E-state index contributed by atoms with van der Waals surface area (Å²) in [5, 5.41) is 14.7. The van der Waals surface area contributed by atoms with Crippen LogP contribution in [-0.2, 0) is 6.54 Å². The van der Waals surface area contributed by atoms with Crippen molar-refractivity contribution in [3.05, 3.63) is 97.1 Å². The van der Waals surface area contributed by atoms with Gasteiger partial charge in [-0.15, -0.1) is 0 Å². The van der Waals surface area contributed by atoms with E-state index >= 15 is 0 Å². The highest BCUT2D eigenvalue weighted by Gasteiger charge is 2.13. The highest BCUT2D eigenvalue weighted by Crippen LogP contribution is 2.28. The molecule has 0 unspecified atom stereocenters. The van der Waals surface area contributed by atoms with Crippen molar-refractivity contribution in [2.75, 3.05) is 12.4 Å². The second-order valence-electron chi connectivity index (χ2n) is 7.87. The van der Waals surface area contributed by atoms with Gasteiger partial charge in [-0.3, -0.25) is 9.67 Å². The van der Waals surface area contributed by atoms with Crippen LogP contribution < -0.4 is 10.1 Å². The second-order valence-corrected chi connectivity index (χ2v) is 7.87. The molecule has 4 heterocycles. The minimum absolute atomic E-state index is 0.629. The van der Waals surface area contributed by atoms with Crippen LogP contribution >= 0.6 is 0 Å². The van der Waals surface area contributed by atoms with E-state index in [1.807, 2.05) is 71.5 Å². The number of hydrogen-bond acceptors (Lipinski definition) is 6. The van der Waals surface area contributed by atoms with Gasteiger partial charge in [-0.1, -0.05) is 12.1 Å². The molecule has 0 aliphatic carbocycles. The lowest BCUT2D eigenvalue weighted by Crippen LogP contribution is -2.02. The van der Waals surface area contributed by atoms with Gasteiger partial charge < -0.3 is 10.1 Å². The van der Waals surface area contributed by atoms with Gasteiger partial charge in [0, 0.05) is 35.9 Å². The SMILES string of the molecule is COc1ccc(Cn2nc(Nc3ccc4c(-n5cccn5)nccc4c3)c3ncccc32)cc1. The number of pyridine rings is 2. The third-order valence-corrected chi connectivity index (χ3v) is 5.73. The van der Waals surface area contributed by atoms with Gasteiger partial charge in [0.2, 0.25) is 0 Å². The normalized spacial score (nSPS) is 11.2. The zero-order valence-electron chi connectivity index (χ0n) is 18.5. The van der Waals surface area contributed by atoms with E-state index in [2.05, 4.69) is 26.4 Å². The molecule has 0 spiro atoms. The maximum absolute atomic E-state index is 5.27. The standard InChI is InChI=1S/C26H21N7O/c1-34-21-8-5-18(6-9-21)17-33-23-4-2-12-27-24(23)25(31-33)30-20-7-10-22-19(16-20)11-14-28-26(22)32-15-3-13-29-32/h2-16H,17H2,1H3,(H,30,31). The number of nitrogens with zero attached hydrogens (tertiary/aromatic N) is 6. The number of methoxy groups -OCH3 is 1. The number of benzene rings is 2. The molecular formula is C26H21N7O. The first-order chi connectivity index (χ1) is 16.8. The van der Waals surface area contributed by atoms with E-state index in [9.17, 15) is 0 Å². The van der Waals surface area contributed by atoms with Crippen molar-refractivity contribution in [3.8, 4) is 11.6 Å². The maximum atomic E-state index is 5.27. The lowest BCUT2D eigenvalue weighted by molar-refractivity contribution is 0.414. The van der Waals surface area contributed by atoms with Crippen LogP contribution in [0.15, 0.2) is 91.5 Å². The van der Waals surface area contributed by atoms with Crippen LogP contribution in [0.5, 0.6) is 5.75 Å². The summed E-state index contributed by atoms with van der Waals surface area (Å²) < 4.78 is 9.00. The van der Waals surface area contributed by atoms with Crippen LogP contribution in [0.1, 0.15) is 5.56 Å². The molecule has 6 rings (SSSR count). The number of ether oxygens (including phenoxy) is 1. The van der Waals surface area contributed by atoms with Crippen LogP contribution in [0.4, 0.5) is 11.5 Å². The summed E-state index contributed by atoms with van der Waals surface area (Å²) in [5.41, 5.74) is 3.84. The highest BCUT2D eigenvalue weighted by atomic mass is 16.5. The molecule has 0 radical (unpaired) electrons. The summed E-state index contributed by atoms with van der Waals surface area (Å²) in [6, 6.07) is 22.0. The number of fused-ring (bicyclic) bond motifs is 2. The molecule has 34 heavy (non-hydrogen) atoms. The summed E-state index contributed by atoms with van der Waals surface area (Å²) in [6.07, 6.45) is 7.22. The third kappa shape index (κ3) is 3.61. The van der Waals surface area contributed by atoms with Gasteiger partial charge in [-0.2, -0.15) is 10.2 Å². The number of hydrogen-bond donors (Lipinski definition) is 1. The Labute approximate surface area is 195 Å². The van der Waals surface area contributed by atoms with Gasteiger partial charge in [-0.05, 0) is 65.5 Å². The van der Waals surface area contributed by atoms with E-state index in [1.165, 1.54) is 0 Å². The predicted molar refractivity (Wildman–Crippen MR) is 132 cm³/mol. The Bertz CT molecular complexity index is 1590. The molecule has 0 aliphatic rings. The minimum Gasteiger partial charge on any atom is -0.497 e. The monoisotopic (exact) mass is 447 g/mol. The van der Waals surface area contributed by atoms with Gasteiger partial charge in [0.15, 0.2) is 11.6 Å². The molecule has 166 valence electrons. The van der Waals surface area contributed by atoms with Crippen molar-refractivity contribution in [2.45, 2.75) is 6.54 Å². The van der Waals surface area contributed by atoms with E-state index in [1.54, 1.807) is 30.4 Å². The summed E-state index contributed by atoms with van der Waals surface area (Å²) in [7, 11) is 1.67. The van der Waals surface area contributed by atoms with Crippen LogP contribution in [0, 0.1) is 0 Å². The van der Waals surface area contributed by atoms with E-state index in [0.29, 0.717) is 12.4 Å². The molecule has 1 N–H and O–H groups in total. The fourth-order valence-corrected chi connectivity index (χ4v) is 4.07. The fraction of sp³-hybridized carbons (Fsp3) is 0.0769. The van der Waals surface area contributed by atoms with Crippen molar-refractivity contribution in [3.63, 3.8) is 0 Å². The highest BCUT2D eigenvalue weighted by molar-refractivity contribution is 5.93. The summed E-state index contributed by atoms with van der Waals surface area (Å²) in [6.45, 7) is 0.629. The summed E-state index contributed by atoms with van der Waals surface area (Å²) in [4.78, 5) is 9.09. The lowest BCUT2D eigenvalue weighted by Gasteiger charge is -2.08. The molecule has 2 aromatic carbocycles. The van der Waals surface area contributed by atoms with Crippen molar-refractivity contribution in [1.29, 1.82) is 0 Å². The Morgan fingerprint density at radius 3 is 2.65 bits per heavy atom. The summed E-state index contributed by atoms with van der Waals surface area (Å²) >= 11 is 0. The van der Waals surface area contributed by atoms with Crippen molar-refractivity contribution < 1.29 is 4.74 Å². The van der Waals surface area contributed by atoms with Crippen LogP contribution in [0.2, 0.25) is 0 Å². The number of nitrogens with one attached hydrogen (secondary N) is 1. The summed E-state index contributed by atoms with van der Waals surface area (Å²) in [5.74, 6) is 2.34. The Balaban J connectivity index is 1.34. The predicted octanol–water partition coefficient (Wildman–Crippen LogP) is 4.97. The number of aromatic nitrogens is 6. The van der Waals surface area contributed by atoms with Crippen molar-refractivity contribution >= 4 is 33.3 Å². The molecule has 8 nitrogen and oxygen atoms in total. The number of anilines is 2. The number of rotatable bonds is 6. The maximum Gasteiger partial charge on any atom is 0.179 e. The van der Waals surface area contributed by atoms with Crippen LogP contribution in [-0.4, -0.2) is 36.6 Å². The molecule has 6 aromatic rings. The smallest absolute Gasteiger partial charge is 0.179 e. The van der Waals surface area contributed by atoms with Gasteiger partial charge in [0.05, 0.1) is 19.2 Å². The van der Waals surface area contributed by atoms with Gasteiger partial charge in [0.25, 0.3) is 0 Å². The second kappa shape index (κ2) is 8.32. The molecule has 0 amide bonds. The Morgan fingerprint density at radius 1 is 0.912 bits per heavy atom. The molecule has 0 aliphatic heterocycles. The zero-order valence-corrected chi connectivity index (χ0v) is 18.5. The minimum atomic E-state index is 0.629. The van der Waals surface area contributed by atoms with Crippen LogP contribution in [0.3, 0.4) is 0 Å².